The molecule has 1 amide bonds. The standard InChI is InChI=1S/C14H17Cl2NO2/c1-3-14(2,9-18)17-13(19)7-5-10-4-6-11(15)8-12(10)16/h4-8,18H,3,9H2,1-2H3,(H,17,19). The second kappa shape index (κ2) is 6.94. The molecule has 0 aliphatic rings. The maximum absolute atomic E-state index is 11.7. The summed E-state index contributed by atoms with van der Waals surface area (Å²) in [5.41, 5.74) is 0.106. The highest BCUT2D eigenvalue weighted by atomic mass is 35.5. The molecule has 0 saturated heterocycles. The van der Waals surface area contributed by atoms with E-state index in [0.717, 1.165) is 0 Å². The van der Waals surface area contributed by atoms with Crippen LogP contribution in [0.15, 0.2) is 24.3 Å². The molecule has 0 heterocycles. The van der Waals surface area contributed by atoms with Crippen molar-refractivity contribution in [2.45, 2.75) is 25.8 Å². The van der Waals surface area contributed by atoms with Crippen molar-refractivity contribution in [1.29, 1.82) is 0 Å². The summed E-state index contributed by atoms with van der Waals surface area (Å²) in [6.07, 6.45) is 3.64. The zero-order valence-electron chi connectivity index (χ0n) is 10.9. The molecule has 1 aromatic rings. The average molecular weight is 302 g/mol. The summed E-state index contributed by atoms with van der Waals surface area (Å²) in [5, 5.41) is 13.0. The van der Waals surface area contributed by atoms with Gasteiger partial charge in [-0.25, -0.2) is 0 Å². The Morgan fingerprint density at radius 1 is 1.47 bits per heavy atom. The molecular formula is C14H17Cl2NO2. The van der Waals surface area contributed by atoms with Crippen LogP contribution in [-0.2, 0) is 4.79 Å². The highest BCUT2D eigenvalue weighted by Gasteiger charge is 2.21. The van der Waals surface area contributed by atoms with Crippen molar-refractivity contribution in [3.63, 3.8) is 0 Å². The van der Waals surface area contributed by atoms with E-state index in [1.54, 1.807) is 31.2 Å². The van der Waals surface area contributed by atoms with Crippen molar-refractivity contribution in [2.75, 3.05) is 6.61 Å². The molecule has 1 atom stereocenters. The van der Waals surface area contributed by atoms with E-state index in [2.05, 4.69) is 5.32 Å². The lowest BCUT2D eigenvalue weighted by molar-refractivity contribution is -0.118. The molecule has 104 valence electrons. The molecule has 19 heavy (non-hydrogen) atoms. The van der Waals surface area contributed by atoms with Crippen molar-refractivity contribution < 1.29 is 9.90 Å². The third kappa shape index (κ3) is 4.86. The number of rotatable bonds is 5. The van der Waals surface area contributed by atoms with Gasteiger partial charge in [-0.1, -0.05) is 36.2 Å². The molecule has 0 radical (unpaired) electrons. The number of carbonyl (C=O) groups is 1. The van der Waals surface area contributed by atoms with Crippen LogP contribution in [0.25, 0.3) is 6.08 Å². The predicted octanol–water partition coefficient (Wildman–Crippen LogP) is 3.28. The van der Waals surface area contributed by atoms with Gasteiger partial charge in [0.05, 0.1) is 12.1 Å². The Bertz CT molecular complexity index is 482. The SMILES string of the molecule is CCC(C)(CO)NC(=O)C=Cc1ccc(Cl)cc1Cl. The van der Waals surface area contributed by atoms with Crippen molar-refractivity contribution in [3.8, 4) is 0 Å². The summed E-state index contributed by atoms with van der Waals surface area (Å²) in [7, 11) is 0. The maximum Gasteiger partial charge on any atom is 0.244 e. The summed E-state index contributed by atoms with van der Waals surface area (Å²) >= 11 is 11.8. The monoisotopic (exact) mass is 301 g/mol. The van der Waals surface area contributed by atoms with Crippen LogP contribution < -0.4 is 5.32 Å². The molecule has 0 fully saturated rings. The van der Waals surface area contributed by atoms with Gasteiger partial charge < -0.3 is 10.4 Å². The summed E-state index contributed by atoms with van der Waals surface area (Å²) < 4.78 is 0. The summed E-state index contributed by atoms with van der Waals surface area (Å²) in [6, 6.07) is 5.05. The second-order valence-corrected chi connectivity index (χ2v) is 5.40. The van der Waals surface area contributed by atoms with E-state index in [1.165, 1.54) is 6.08 Å². The van der Waals surface area contributed by atoms with E-state index in [1.807, 2.05) is 6.92 Å². The topological polar surface area (TPSA) is 49.3 Å². The first-order valence-electron chi connectivity index (χ1n) is 5.96. The minimum Gasteiger partial charge on any atom is -0.394 e. The van der Waals surface area contributed by atoms with Gasteiger partial charge in [0.2, 0.25) is 5.91 Å². The van der Waals surface area contributed by atoms with Crippen molar-refractivity contribution in [2.24, 2.45) is 0 Å². The molecular weight excluding hydrogens is 285 g/mol. The summed E-state index contributed by atoms with van der Waals surface area (Å²) in [5.74, 6) is -0.274. The molecule has 5 heteroatoms. The number of carbonyl (C=O) groups excluding carboxylic acids is 1. The molecule has 1 unspecified atom stereocenters. The molecule has 1 rings (SSSR count). The first-order chi connectivity index (χ1) is 8.90. The molecule has 3 nitrogen and oxygen atoms in total. The molecule has 0 saturated carbocycles. The van der Waals surface area contributed by atoms with Gasteiger partial charge in [-0.05, 0) is 37.1 Å². The summed E-state index contributed by atoms with van der Waals surface area (Å²) in [4.78, 5) is 11.7. The summed E-state index contributed by atoms with van der Waals surface area (Å²) in [6.45, 7) is 3.58. The normalized spacial score (nSPS) is 14.4. The van der Waals surface area contributed by atoms with Crippen LogP contribution >= 0.6 is 23.2 Å². The van der Waals surface area contributed by atoms with Gasteiger partial charge in [-0.3, -0.25) is 4.79 Å². The third-order valence-corrected chi connectivity index (χ3v) is 3.49. The average Bonchev–Trinajstić information content (AvgIpc) is 2.37. The number of aliphatic hydroxyl groups is 1. The first-order valence-corrected chi connectivity index (χ1v) is 6.72. The number of benzene rings is 1. The lowest BCUT2D eigenvalue weighted by atomic mass is 10.0. The lowest BCUT2D eigenvalue weighted by Gasteiger charge is -2.26. The fourth-order valence-corrected chi connectivity index (χ4v) is 1.85. The first kappa shape index (κ1) is 16.0. The number of nitrogens with one attached hydrogen (secondary N) is 1. The Morgan fingerprint density at radius 2 is 2.16 bits per heavy atom. The molecule has 1 aromatic carbocycles. The largest absolute Gasteiger partial charge is 0.394 e. The van der Waals surface area contributed by atoms with Crippen molar-refractivity contribution in [3.05, 3.63) is 39.9 Å². The molecule has 2 N–H and O–H groups in total. The third-order valence-electron chi connectivity index (χ3n) is 2.93. The van der Waals surface area contributed by atoms with Gasteiger partial charge in [-0.15, -0.1) is 0 Å². The second-order valence-electron chi connectivity index (χ2n) is 4.56. The van der Waals surface area contributed by atoms with Gasteiger partial charge in [-0.2, -0.15) is 0 Å². The zero-order valence-corrected chi connectivity index (χ0v) is 12.4. The van der Waals surface area contributed by atoms with E-state index in [-0.39, 0.29) is 12.5 Å². The van der Waals surface area contributed by atoms with Gasteiger partial charge in [0, 0.05) is 16.1 Å². The van der Waals surface area contributed by atoms with Crippen molar-refractivity contribution >= 4 is 35.2 Å². The molecule has 0 aromatic heterocycles. The molecule has 0 bridgehead atoms. The van der Waals surface area contributed by atoms with Crippen LogP contribution in [0.1, 0.15) is 25.8 Å². The fourth-order valence-electron chi connectivity index (χ4n) is 1.38. The fraction of sp³-hybridized carbons (Fsp3) is 0.357. The van der Waals surface area contributed by atoms with Crippen LogP contribution in [0.2, 0.25) is 10.0 Å². The Balaban J connectivity index is 2.74. The van der Waals surface area contributed by atoms with E-state index < -0.39 is 5.54 Å². The smallest absolute Gasteiger partial charge is 0.244 e. The number of amides is 1. The molecule has 0 aliphatic carbocycles. The van der Waals surface area contributed by atoms with Crippen LogP contribution in [0, 0.1) is 0 Å². The minimum absolute atomic E-state index is 0.106. The Labute approximate surface area is 123 Å². The van der Waals surface area contributed by atoms with Gasteiger partial charge in [0.25, 0.3) is 0 Å². The van der Waals surface area contributed by atoms with Crippen LogP contribution in [0.3, 0.4) is 0 Å². The molecule has 0 aliphatic heterocycles. The minimum atomic E-state index is -0.606. The van der Waals surface area contributed by atoms with Gasteiger partial charge in [0.15, 0.2) is 0 Å². The Morgan fingerprint density at radius 3 is 2.68 bits per heavy atom. The van der Waals surface area contributed by atoms with E-state index in [9.17, 15) is 9.90 Å². The van der Waals surface area contributed by atoms with Crippen molar-refractivity contribution in [1.82, 2.24) is 5.32 Å². The predicted molar refractivity (Wildman–Crippen MR) is 79.4 cm³/mol. The van der Waals surface area contributed by atoms with Gasteiger partial charge >= 0.3 is 0 Å². The Kier molecular flexibility index (Phi) is 5.85. The van der Waals surface area contributed by atoms with Gasteiger partial charge in [0.1, 0.15) is 0 Å². The lowest BCUT2D eigenvalue weighted by Crippen LogP contribution is -2.47. The molecule has 0 spiro atoms. The van der Waals surface area contributed by atoms with Crippen LogP contribution in [-0.4, -0.2) is 23.2 Å². The van der Waals surface area contributed by atoms with Crippen LogP contribution in [0.5, 0.6) is 0 Å². The van der Waals surface area contributed by atoms with E-state index in [4.69, 9.17) is 23.2 Å². The highest BCUT2D eigenvalue weighted by molar-refractivity contribution is 6.35. The number of aliphatic hydroxyl groups excluding tert-OH is 1. The maximum atomic E-state index is 11.7. The quantitative estimate of drug-likeness (QED) is 0.820. The highest BCUT2D eigenvalue weighted by Crippen LogP contribution is 2.22. The number of hydrogen-bond donors (Lipinski definition) is 2. The number of hydrogen-bond acceptors (Lipinski definition) is 2. The zero-order chi connectivity index (χ0) is 14.5. The van der Waals surface area contributed by atoms with E-state index in [0.29, 0.717) is 22.0 Å². The number of halogens is 2. The Hall–Kier alpha value is -1.03. The van der Waals surface area contributed by atoms with E-state index >= 15 is 0 Å². The van der Waals surface area contributed by atoms with Crippen LogP contribution in [0.4, 0.5) is 0 Å².